The Bertz CT molecular complexity index is 997. The lowest BCUT2D eigenvalue weighted by molar-refractivity contribution is 0.355. The molecule has 6 heteroatoms. The molecule has 1 aliphatic rings. The van der Waals surface area contributed by atoms with Crippen LogP contribution in [0.3, 0.4) is 0 Å². The Kier molecular flexibility index (Phi) is 7.15. The fourth-order valence-electron chi connectivity index (χ4n) is 4.34. The molecule has 1 heterocycles. The van der Waals surface area contributed by atoms with Gasteiger partial charge in [-0.15, -0.1) is 0 Å². The van der Waals surface area contributed by atoms with Gasteiger partial charge in [0.25, 0.3) is 0 Å². The molecule has 0 unspecified atom stereocenters. The molecular weight excluding hydrogens is 410 g/mol. The van der Waals surface area contributed by atoms with Crippen LogP contribution in [-0.2, 0) is 6.42 Å². The highest BCUT2D eigenvalue weighted by Gasteiger charge is 2.21. The molecule has 0 spiro atoms. The molecule has 4 rings (SSSR count). The number of hydrogen-bond donors (Lipinski definition) is 2. The van der Waals surface area contributed by atoms with Crippen molar-refractivity contribution < 1.29 is 9.47 Å². The Labute approximate surface area is 189 Å². The maximum absolute atomic E-state index is 6.11. The van der Waals surface area contributed by atoms with Gasteiger partial charge in [0.05, 0.1) is 19.7 Å². The lowest BCUT2D eigenvalue weighted by Gasteiger charge is -2.30. The van der Waals surface area contributed by atoms with Crippen LogP contribution in [0.25, 0.3) is 10.9 Å². The number of anilines is 1. The molecule has 1 aromatic heterocycles. The minimum atomic E-state index is 0.488. The molecule has 1 saturated carbocycles. The Morgan fingerprint density at radius 1 is 0.935 bits per heavy atom. The van der Waals surface area contributed by atoms with E-state index in [1.807, 2.05) is 30.5 Å². The first-order chi connectivity index (χ1) is 15.1. The van der Waals surface area contributed by atoms with Gasteiger partial charge in [0.15, 0.2) is 0 Å². The van der Waals surface area contributed by atoms with E-state index in [-0.39, 0.29) is 0 Å². The normalized spacial score (nSPS) is 18.7. The molecule has 2 N–H and O–H groups in total. The lowest BCUT2D eigenvalue weighted by Crippen LogP contribution is -2.37. The van der Waals surface area contributed by atoms with Gasteiger partial charge in [-0.1, -0.05) is 11.6 Å². The molecule has 2 aromatic carbocycles. The number of nitrogens with zero attached hydrogens (tertiary/aromatic N) is 1. The van der Waals surface area contributed by atoms with Crippen LogP contribution >= 0.6 is 11.6 Å². The molecule has 1 aliphatic carbocycles. The summed E-state index contributed by atoms with van der Waals surface area (Å²) in [7, 11) is 3.38. The van der Waals surface area contributed by atoms with Crippen LogP contribution in [-0.4, -0.2) is 37.8 Å². The summed E-state index contributed by atoms with van der Waals surface area (Å²) >= 11 is 6.11. The van der Waals surface area contributed by atoms with Crippen molar-refractivity contribution in [2.24, 2.45) is 0 Å². The van der Waals surface area contributed by atoms with Gasteiger partial charge in [-0.05, 0) is 80.6 Å². The van der Waals surface area contributed by atoms with Crippen molar-refractivity contribution in [2.75, 3.05) is 26.1 Å². The summed E-state index contributed by atoms with van der Waals surface area (Å²) in [6, 6.07) is 15.1. The zero-order chi connectivity index (χ0) is 21.6. The average Bonchev–Trinajstić information content (AvgIpc) is 2.80. The second-order valence-electron chi connectivity index (χ2n) is 8.14. The Hall–Kier alpha value is -2.50. The second-order valence-corrected chi connectivity index (χ2v) is 8.57. The molecule has 0 bridgehead atoms. The van der Waals surface area contributed by atoms with Crippen LogP contribution < -0.4 is 20.1 Å². The number of rotatable bonds is 8. The van der Waals surface area contributed by atoms with E-state index in [0.29, 0.717) is 12.1 Å². The smallest absolute Gasteiger partial charge is 0.122 e. The van der Waals surface area contributed by atoms with Crippen molar-refractivity contribution in [1.82, 2.24) is 10.3 Å². The summed E-state index contributed by atoms with van der Waals surface area (Å²) in [4.78, 5) is 4.44. The number of aromatic nitrogens is 1. The standard InChI is InChI=1S/C25H30ClN3O2/c1-30-21-13-17(14-22(16-21)31-2)9-11-27-19-4-6-20(7-5-19)29-24-10-12-28-25-15-18(26)3-8-23(24)25/h3,8,10,12-16,19-20,27H,4-7,9,11H2,1-2H3,(H,28,29)/t19-,20-. The van der Waals surface area contributed by atoms with Gasteiger partial charge < -0.3 is 20.1 Å². The SMILES string of the molecule is COc1cc(CCN[C@H]2CC[C@H](Nc3ccnc4cc(Cl)ccc34)CC2)cc(OC)c1. The molecule has 0 radical (unpaired) electrons. The highest BCUT2D eigenvalue weighted by atomic mass is 35.5. The van der Waals surface area contributed by atoms with Gasteiger partial charge >= 0.3 is 0 Å². The minimum Gasteiger partial charge on any atom is -0.497 e. The molecule has 31 heavy (non-hydrogen) atoms. The van der Waals surface area contributed by atoms with E-state index in [9.17, 15) is 0 Å². The van der Waals surface area contributed by atoms with Crippen LogP contribution in [0.15, 0.2) is 48.7 Å². The molecule has 0 saturated heterocycles. The molecule has 3 aromatic rings. The molecule has 164 valence electrons. The summed E-state index contributed by atoms with van der Waals surface area (Å²) in [6.45, 7) is 0.953. The zero-order valence-electron chi connectivity index (χ0n) is 18.2. The summed E-state index contributed by atoms with van der Waals surface area (Å²) in [5.41, 5.74) is 3.30. The van der Waals surface area contributed by atoms with Crippen LogP contribution in [0.2, 0.25) is 5.02 Å². The third-order valence-electron chi connectivity index (χ3n) is 6.05. The summed E-state index contributed by atoms with van der Waals surface area (Å²) in [6.07, 6.45) is 7.46. The third kappa shape index (κ3) is 5.60. The quantitative estimate of drug-likeness (QED) is 0.488. The Balaban J connectivity index is 1.26. The van der Waals surface area contributed by atoms with Gasteiger partial charge in [-0.25, -0.2) is 0 Å². The van der Waals surface area contributed by atoms with E-state index >= 15 is 0 Å². The van der Waals surface area contributed by atoms with E-state index in [1.54, 1.807) is 14.2 Å². The first-order valence-corrected chi connectivity index (χ1v) is 11.3. The summed E-state index contributed by atoms with van der Waals surface area (Å²) < 4.78 is 10.7. The molecule has 0 atom stereocenters. The minimum absolute atomic E-state index is 0.488. The van der Waals surface area contributed by atoms with E-state index in [1.165, 1.54) is 18.4 Å². The Morgan fingerprint density at radius 2 is 1.65 bits per heavy atom. The van der Waals surface area contributed by atoms with Crippen molar-refractivity contribution in [3.05, 3.63) is 59.2 Å². The van der Waals surface area contributed by atoms with Crippen molar-refractivity contribution in [3.8, 4) is 11.5 Å². The summed E-state index contributed by atoms with van der Waals surface area (Å²) in [5, 5.41) is 9.31. The number of pyridine rings is 1. The monoisotopic (exact) mass is 439 g/mol. The fraction of sp³-hybridized carbons (Fsp3) is 0.400. The van der Waals surface area contributed by atoms with Gasteiger partial charge in [0.1, 0.15) is 11.5 Å². The van der Waals surface area contributed by atoms with Crippen molar-refractivity contribution >= 4 is 28.2 Å². The highest BCUT2D eigenvalue weighted by molar-refractivity contribution is 6.31. The predicted octanol–water partition coefficient (Wildman–Crippen LogP) is 5.46. The predicted molar refractivity (Wildman–Crippen MR) is 128 cm³/mol. The fourth-order valence-corrected chi connectivity index (χ4v) is 4.51. The van der Waals surface area contributed by atoms with E-state index in [0.717, 1.165) is 58.9 Å². The van der Waals surface area contributed by atoms with Crippen LogP contribution in [0.5, 0.6) is 11.5 Å². The molecule has 0 aliphatic heterocycles. The number of nitrogens with one attached hydrogen (secondary N) is 2. The second kappa shape index (κ2) is 10.2. The molecular formula is C25H30ClN3O2. The number of hydrogen-bond acceptors (Lipinski definition) is 5. The summed E-state index contributed by atoms with van der Waals surface area (Å²) in [5.74, 6) is 1.68. The maximum Gasteiger partial charge on any atom is 0.122 e. The largest absolute Gasteiger partial charge is 0.497 e. The number of ether oxygens (including phenoxy) is 2. The van der Waals surface area contributed by atoms with Crippen molar-refractivity contribution in [2.45, 2.75) is 44.2 Å². The molecule has 0 amide bonds. The van der Waals surface area contributed by atoms with Crippen LogP contribution in [0, 0.1) is 0 Å². The van der Waals surface area contributed by atoms with Crippen LogP contribution in [0.4, 0.5) is 5.69 Å². The third-order valence-corrected chi connectivity index (χ3v) is 6.28. The van der Waals surface area contributed by atoms with Crippen molar-refractivity contribution in [1.29, 1.82) is 0 Å². The topological polar surface area (TPSA) is 55.4 Å². The molecule has 5 nitrogen and oxygen atoms in total. The Morgan fingerprint density at radius 3 is 2.35 bits per heavy atom. The first-order valence-electron chi connectivity index (χ1n) is 10.9. The number of halogens is 1. The number of methoxy groups -OCH3 is 2. The van der Waals surface area contributed by atoms with Gasteiger partial charge in [0, 0.05) is 40.4 Å². The lowest BCUT2D eigenvalue weighted by atomic mass is 9.90. The number of fused-ring (bicyclic) bond motifs is 1. The van der Waals surface area contributed by atoms with Gasteiger partial charge in [-0.3, -0.25) is 4.98 Å². The maximum atomic E-state index is 6.11. The van der Waals surface area contributed by atoms with E-state index in [2.05, 4.69) is 33.8 Å². The molecule has 1 fully saturated rings. The number of benzene rings is 2. The van der Waals surface area contributed by atoms with Crippen LogP contribution in [0.1, 0.15) is 31.2 Å². The van der Waals surface area contributed by atoms with Gasteiger partial charge in [-0.2, -0.15) is 0 Å². The first kappa shape index (κ1) is 21.7. The highest BCUT2D eigenvalue weighted by Crippen LogP contribution is 2.28. The van der Waals surface area contributed by atoms with Crippen molar-refractivity contribution in [3.63, 3.8) is 0 Å². The van der Waals surface area contributed by atoms with E-state index in [4.69, 9.17) is 21.1 Å². The van der Waals surface area contributed by atoms with E-state index < -0.39 is 0 Å². The van der Waals surface area contributed by atoms with Gasteiger partial charge in [0.2, 0.25) is 0 Å². The zero-order valence-corrected chi connectivity index (χ0v) is 18.9. The average molecular weight is 440 g/mol.